The summed E-state index contributed by atoms with van der Waals surface area (Å²) in [4.78, 5) is 8.95. The van der Waals surface area contributed by atoms with Gasteiger partial charge in [0.2, 0.25) is 0 Å². The second kappa shape index (κ2) is 6.61. The van der Waals surface area contributed by atoms with Crippen LogP contribution < -0.4 is 0 Å². The topological polar surface area (TPSA) is 58.3 Å². The number of aromatic nitrogens is 1. The third-order valence-corrected chi connectivity index (χ3v) is 1.47. The molecule has 0 aliphatic carbocycles. The molecule has 0 saturated heterocycles. The summed E-state index contributed by atoms with van der Waals surface area (Å²) in [5, 5.41) is 12.0. The highest BCUT2D eigenvalue weighted by molar-refractivity contribution is 5.76. The zero-order valence-corrected chi connectivity index (χ0v) is 7.76. The van der Waals surface area contributed by atoms with Gasteiger partial charge in [0, 0.05) is 12.6 Å². The lowest BCUT2D eigenvalue weighted by Gasteiger charge is -1.94. The van der Waals surface area contributed by atoms with E-state index in [1.165, 1.54) is 0 Å². The Morgan fingerprint density at radius 2 is 2.50 bits per heavy atom. The van der Waals surface area contributed by atoms with E-state index in [1.807, 2.05) is 24.3 Å². The van der Waals surface area contributed by atoms with Crippen molar-refractivity contribution in [3.8, 4) is 6.07 Å². The van der Waals surface area contributed by atoms with Crippen LogP contribution in [0.2, 0.25) is 0 Å². The molecule has 0 aliphatic heterocycles. The Balaban J connectivity index is 2.19. The number of pyridine rings is 1. The molecule has 0 spiro atoms. The summed E-state index contributed by atoms with van der Waals surface area (Å²) in [6.07, 6.45) is 4.44. The highest BCUT2D eigenvalue weighted by atomic mass is 16.6. The number of unbranched alkanes of at least 4 members (excludes halogenated alkanes) is 1. The number of hydrogen-bond donors (Lipinski definition) is 0. The molecule has 0 bridgehead atoms. The van der Waals surface area contributed by atoms with E-state index in [1.54, 1.807) is 12.4 Å². The van der Waals surface area contributed by atoms with Gasteiger partial charge in [0.05, 0.1) is 18.0 Å². The maximum atomic E-state index is 8.25. The van der Waals surface area contributed by atoms with Crippen molar-refractivity contribution in [1.82, 2.24) is 4.98 Å². The van der Waals surface area contributed by atoms with Crippen LogP contribution in [0.1, 0.15) is 18.5 Å². The van der Waals surface area contributed by atoms with Crippen LogP contribution in [0.5, 0.6) is 0 Å². The Morgan fingerprint density at radius 3 is 3.21 bits per heavy atom. The predicted molar refractivity (Wildman–Crippen MR) is 52.6 cm³/mol. The lowest BCUT2D eigenvalue weighted by atomic mass is 10.4. The molecule has 0 amide bonds. The molecule has 14 heavy (non-hydrogen) atoms. The average Bonchev–Trinajstić information content (AvgIpc) is 2.25. The van der Waals surface area contributed by atoms with Crippen molar-refractivity contribution >= 4 is 6.21 Å². The number of hydrogen-bond acceptors (Lipinski definition) is 4. The van der Waals surface area contributed by atoms with E-state index in [0.29, 0.717) is 19.4 Å². The molecular weight excluding hydrogens is 178 g/mol. The Labute approximate surface area is 82.8 Å². The fourth-order valence-electron chi connectivity index (χ4n) is 0.812. The summed E-state index contributed by atoms with van der Waals surface area (Å²) in [6, 6.07) is 7.58. The molecule has 72 valence electrons. The maximum Gasteiger partial charge on any atom is 0.118 e. The highest BCUT2D eigenvalue weighted by Crippen LogP contribution is 1.91. The summed E-state index contributed by atoms with van der Waals surface area (Å²) >= 11 is 0. The number of nitrogens with zero attached hydrogens (tertiary/aromatic N) is 3. The zero-order valence-electron chi connectivity index (χ0n) is 7.76. The van der Waals surface area contributed by atoms with Gasteiger partial charge in [0.15, 0.2) is 0 Å². The lowest BCUT2D eigenvalue weighted by molar-refractivity contribution is 0.144. The third kappa shape index (κ3) is 4.21. The quantitative estimate of drug-likeness (QED) is 0.402. The molecule has 0 fully saturated rings. The van der Waals surface area contributed by atoms with Crippen LogP contribution in [-0.2, 0) is 4.84 Å². The van der Waals surface area contributed by atoms with Crippen LogP contribution in [-0.4, -0.2) is 17.8 Å². The fraction of sp³-hybridized carbons (Fsp3) is 0.300. The Kier molecular flexibility index (Phi) is 4.81. The average molecular weight is 189 g/mol. The van der Waals surface area contributed by atoms with Crippen LogP contribution in [0.15, 0.2) is 29.6 Å². The summed E-state index contributed by atoms with van der Waals surface area (Å²) in [5.74, 6) is 0. The van der Waals surface area contributed by atoms with Gasteiger partial charge in [-0.15, -0.1) is 0 Å². The van der Waals surface area contributed by atoms with Gasteiger partial charge in [0.1, 0.15) is 6.61 Å². The van der Waals surface area contributed by atoms with Crippen LogP contribution in [0.25, 0.3) is 0 Å². The minimum Gasteiger partial charge on any atom is -0.396 e. The molecule has 0 N–H and O–H groups in total. The SMILES string of the molecule is N#CCCCON=Cc1ccccn1. The maximum absolute atomic E-state index is 8.25. The van der Waals surface area contributed by atoms with Crippen LogP contribution in [0.3, 0.4) is 0 Å². The first-order valence-corrected chi connectivity index (χ1v) is 4.37. The molecule has 4 heteroatoms. The molecule has 0 aliphatic rings. The Morgan fingerprint density at radius 1 is 1.57 bits per heavy atom. The minimum absolute atomic E-state index is 0.469. The van der Waals surface area contributed by atoms with E-state index in [-0.39, 0.29) is 0 Å². The second-order valence-electron chi connectivity index (χ2n) is 2.58. The van der Waals surface area contributed by atoms with Crippen molar-refractivity contribution in [1.29, 1.82) is 5.26 Å². The molecule has 1 heterocycles. The largest absolute Gasteiger partial charge is 0.396 e. The van der Waals surface area contributed by atoms with Gasteiger partial charge in [-0.3, -0.25) is 4.98 Å². The van der Waals surface area contributed by atoms with Crippen molar-refractivity contribution in [2.45, 2.75) is 12.8 Å². The normalized spacial score (nSPS) is 9.93. The zero-order chi connectivity index (χ0) is 10.1. The summed E-state index contributed by atoms with van der Waals surface area (Å²) < 4.78 is 0. The molecule has 1 rings (SSSR count). The van der Waals surface area contributed by atoms with E-state index < -0.39 is 0 Å². The van der Waals surface area contributed by atoms with Gasteiger partial charge in [0.25, 0.3) is 0 Å². The molecule has 0 unspecified atom stereocenters. The monoisotopic (exact) mass is 189 g/mol. The third-order valence-electron chi connectivity index (χ3n) is 1.47. The molecule has 0 radical (unpaired) electrons. The van der Waals surface area contributed by atoms with E-state index in [2.05, 4.69) is 10.1 Å². The van der Waals surface area contributed by atoms with Crippen molar-refractivity contribution in [2.75, 3.05) is 6.61 Å². The lowest BCUT2D eigenvalue weighted by Crippen LogP contribution is -1.90. The molecule has 4 nitrogen and oxygen atoms in total. The van der Waals surface area contributed by atoms with Crippen molar-refractivity contribution in [3.05, 3.63) is 30.1 Å². The number of rotatable bonds is 5. The van der Waals surface area contributed by atoms with Crippen LogP contribution in [0, 0.1) is 11.3 Å². The minimum atomic E-state index is 0.469. The van der Waals surface area contributed by atoms with Gasteiger partial charge in [-0.05, 0) is 18.6 Å². The molecule has 0 atom stereocenters. The smallest absolute Gasteiger partial charge is 0.118 e. The van der Waals surface area contributed by atoms with E-state index >= 15 is 0 Å². The number of nitriles is 1. The molecule has 0 aromatic carbocycles. The summed E-state index contributed by atoms with van der Waals surface area (Å²) in [6.45, 7) is 0.469. The first-order chi connectivity index (χ1) is 6.93. The standard InChI is InChI=1S/C10H11N3O/c11-6-2-4-8-14-13-9-10-5-1-3-7-12-10/h1,3,5,7,9H,2,4,8H2. The van der Waals surface area contributed by atoms with E-state index in [4.69, 9.17) is 10.1 Å². The van der Waals surface area contributed by atoms with Crippen molar-refractivity contribution < 1.29 is 4.84 Å². The molecule has 1 aromatic heterocycles. The Hall–Kier alpha value is -1.89. The first-order valence-electron chi connectivity index (χ1n) is 4.37. The summed E-state index contributed by atoms with van der Waals surface area (Å²) in [5.41, 5.74) is 0.757. The molecule has 1 aromatic rings. The van der Waals surface area contributed by atoms with Crippen molar-refractivity contribution in [3.63, 3.8) is 0 Å². The van der Waals surface area contributed by atoms with E-state index in [9.17, 15) is 0 Å². The second-order valence-corrected chi connectivity index (χ2v) is 2.58. The number of oxime groups is 1. The van der Waals surface area contributed by atoms with Crippen LogP contribution in [0.4, 0.5) is 0 Å². The fourth-order valence-corrected chi connectivity index (χ4v) is 0.812. The first kappa shape index (κ1) is 10.2. The van der Waals surface area contributed by atoms with Gasteiger partial charge >= 0.3 is 0 Å². The van der Waals surface area contributed by atoms with Gasteiger partial charge in [-0.25, -0.2) is 0 Å². The molecular formula is C10H11N3O. The predicted octanol–water partition coefficient (Wildman–Crippen LogP) is 1.74. The van der Waals surface area contributed by atoms with E-state index in [0.717, 1.165) is 5.69 Å². The van der Waals surface area contributed by atoms with Gasteiger partial charge in [-0.2, -0.15) is 5.26 Å². The van der Waals surface area contributed by atoms with Gasteiger partial charge in [-0.1, -0.05) is 11.2 Å². The van der Waals surface area contributed by atoms with Crippen molar-refractivity contribution in [2.24, 2.45) is 5.16 Å². The summed E-state index contributed by atoms with van der Waals surface area (Å²) in [7, 11) is 0. The van der Waals surface area contributed by atoms with Crippen LogP contribution >= 0.6 is 0 Å². The highest BCUT2D eigenvalue weighted by Gasteiger charge is 1.86. The molecule has 0 saturated carbocycles. The van der Waals surface area contributed by atoms with Gasteiger partial charge < -0.3 is 4.84 Å². The Bertz CT molecular complexity index is 316.